The minimum Gasteiger partial charge on any atom is -0.487 e. The predicted octanol–water partition coefficient (Wildman–Crippen LogP) is 4.81. The first-order chi connectivity index (χ1) is 9.91. The monoisotopic (exact) mass is 311 g/mol. The first-order valence-corrected chi connectivity index (χ1v) is 6.27. The summed E-state index contributed by atoms with van der Waals surface area (Å²) in [6.07, 6.45) is -4.49. The van der Waals surface area contributed by atoms with Crippen LogP contribution >= 0.6 is 11.6 Å². The highest BCUT2D eigenvalue weighted by molar-refractivity contribution is 6.31. The fraction of sp³-hybridized carbons (Fsp3) is 0.133. The Balaban J connectivity index is 2.22. The van der Waals surface area contributed by atoms with E-state index in [4.69, 9.17) is 21.6 Å². The lowest BCUT2D eigenvalue weighted by atomic mass is 10.1. The van der Waals surface area contributed by atoms with Gasteiger partial charge in [-0.2, -0.15) is 18.4 Å². The molecule has 0 fully saturated rings. The second-order valence-corrected chi connectivity index (χ2v) is 4.61. The summed E-state index contributed by atoms with van der Waals surface area (Å²) < 4.78 is 43.1. The van der Waals surface area contributed by atoms with Gasteiger partial charge in [0.1, 0.15) is 18.4 Å². The lowest BCUT2D eigenvalue weighted by molar-refractivity contribution is -0.137. The summed E-state index contributed by atoms with van der Waals surface area (Å²) in [6.45, 7) is 0.0692. The van der Waals surface area contributed by atoms with Crippen molar-refractivity contribution in [2.45, 2.75) is 12.8 Å². The second-order valence-electron chi connectivity index (χ2n) is 4.20. The Morgan fingerprint density at radius 3 is 2.48 bits per heavy atom. The van der Waals surface area contributed by atoms with Crippen LogP contribution in [0.25, 0.3) is 0 Å². The van der Waals surface area contributed by atoms with Crippen LogP contribution in [0.2, 0.25) is 5.02 Å². The second kappa shape index (κ2) is 6.06. The number of hydrogen-bond acceptors (Lipinski definition) is 2. The van der Waals surface area contributed by atoms with Crippen molar-refractivity contribution in [2.24, 2.45) is 0 Å². The molecule has 0 aliphatic heterocycles. The van der Waals surface area contributed by atoms with E-state index in [1.807, 2.05) is 0 Å². The molecular weight excluding hydrogens is 303 g/mol. The van der Waals surface area contributed by atoms with E-state index in [0.29, 0.717) is 10.6 Å². The normalized spacial score (nSPS) is 11.0. The number of ether oxygens (including phenoxy) is 1. The number of alkyl halides is 3. The summed E-state index contributed by atoms with van der Waals surface area (Å²) in [6, 6.07) is 11.4. The van der Waals surface area contributed by atoms with Crippen molar-refractivity contribution in [1.29, 1.82) is 5.26 Å². The first-order valence-electron chi connectivity index (χ1n) is 5.89. The average molecular weight is 312 g/mol. The fourth-order valence-corrected chi connectivity index (χ4v) is 1.88. The molecule has 2 aromatic carbocycles. The van der Waals surface area contributed by atoms with Gasteiger partial charge in [-0.05, 0) is 24.3 Å². The third-order valence-corrected chi connectivity index (χ3v) is 3.14. The molecule has 0 heterocycles. The summed E-state index contributed by atoms with van der Waals surface area (Å²) >= 11 is 5.96. The maximum atomic E-state index is 12.6. The van der Waals surface area contributed by atoms with Crippen LogP contribution in [0.1, 0.15) is 16.7 Å². The number of nitrogens with zero attached hydrogens (tertiary/aromatic N) is 1. The molecule has 0 unspecified atom stereocenters. The Morgan fingerprint density at radius 2 is 1.86 bits per heavy atom. The maximum absolute atomic E-state index is 12.6. The van der Waals surface area contributed by atoms with E-state index in [2.05, 4.69) is 0 Å². The van der Waals surface area contributed by atoms with Gasteiger partial charge in [0.05, 0.1) is 11.1 Å². The Morgan fingerprint density at radius 1 is 1.14 bits per heavy atom. The largest absolute Gasteiger partial charge is 0.487 e. The van der Waals surface area contributed by atoms with E-state index in [1.54, 1.807) is 30.3 Å². The predicted molar refractivity (Wildman–Crippen MR) is 71.9 cm³/mol. The molecule has 0 atom stereocenters. The summed E-state index contributed by atoms with van der Waals surface area (Å²) in [5.74, 6) is 0.0884. The number of nitriles is 1. The zero-order valence-corrected chi connectivity index (χ0v) is 11.4. The molecule has 0 N–H and O–H groups in total. The van der Waals surface area contributed by atoms with Gasteiger partial charge in [0.2, 0.25) is 0 Å². The van der Waals surface area contributed by atoms with E-state index in [9.17, 15) is 13.2 Å². The van der Waals surface area contributed by atoms with Crippen molar-refractivity contribution in [2.75, 3.05) is 0 Å². The topological polar surface area (TPSA) is 33.0 Å². The summed E-state index contributed by atoms with van der Waals surface area (Å²) in [5, 5.41) is 9.43. The Hall–Kier alpha value is -2.19. The van der Waals surface area contributed by atoms with E-state index in [0.717, 1.165) is 18.2 Å². The number of rotatable bonds is 3. The minimum atomic E-state index is -4.49. The molecule has 108 valence electrons. The molecule has 0 spiro atoms. The van der Waals surface area contributed by atoms with E-state index in [1.165, 1.54) is 0 Å². The van der Waals surface area contributed by atoms with Gasteiger partial charge in [0, 0.05) is 10.6 Å². The molecule has 0 aromatic heterocycles. The molecule has 0 amide bonds. The molecular formula is C15H9ClF3NO. The van der Waals surface area contributed by atoms with Gasteiger partial charge >= 0.3 is 6.18 Å². The Kier molecular flexibility index (Phi) is 4.39. The van der Waals surface area contributed by atoms with Crippen LogP contribution in [0.15, 0.2) is 42.5 Å². The van der Waals surface area contributed by atoms with Crippen molar-refractivity contribution in [3.8, 4) is 11.8 Å². The third-order valence-electron chi connectivity index (χ3n) is 2.77. The van der Waals surface area contributed by atoms with Gasteiger partial charge in [0.25, 0.3) is 0 Å². The zero-order valence-electron chi connectivity index (χ0n) is 10.6. The SMILES string of the molecule is N#Cc1cc(C(F)(F)F)ccc1OCc1ccccc1Cl. The van der Waals surface area contributed by atoms with Crippen molar-refractivity contribution in [1.82, 2.24) is 0 Å². The molecule has 2 aromatic rings. The molecule has 0 aliphatic carbocycles. The highest BCUT2D eigenvalue weighted by Gasteiger charge is 2.31. The van der Waals surface area contributed by atoms with Crippen LogP contribution in [0, 0.1) is 11.3 Å². The quantitative estimate of drug-likeness (QED) is 0.815. The third kappa shape index (κ3) is 3.67. The van der Waals surface area contributed by atoms with Gasteiger partial charge in [-0.3, -0.25) is 0 Å². The molecule has 2 rings (SSSR count). The van der Waals surface area contributed by atoms with Crippen LogP contribution in [0.4, 0.5) is 13.2 Å². The zero-order chi connectivity index (χ0) is 15.5. The van der Waals surface area contributed by atoms with Gasteiger partial charge in [-0.15, -0.1) is 0 Å². The van der Waals surface area contributed by atoms with E-state index in [-0.39, 0.29) is 17.9 Å². The molecule has 0 saturated heterocycles. The highest BCUT2D eigenvalue weighted by Crippen LogP contribution is 2.32. The summed E-state index contributed by atoms with van der Waals surface area (Å²) in [4.78, 5) is 0. The van der Waals surface area contributed by atoms with Gasteiger partial charge in [-0.1, -0.05) is 29.8 Å². The van der Waals surface area contributed by atoms with Crippen molar-refractivity contribution >= 4 is 11.6 Å². The van der Waals surface area contributed by atoms with Gasteiger partial charge in [0.15, 0.2) is 0 Å². The number of halogens is 4. The van der Waals surface area contributed by atoms with Gasteiger partial charge < -0.3 is 4.74 Å². The number of hydrogen-bond donors (Lipinski definition) is 0. The standard InChI is InChI=1S/C15H9ClF3NO/c16-13-4-2-1-3-10(13)9-21-14-6-5-12(15(17,18)19)7-11(14)8-20/h1-7H,9H2. The molecule has 2 nitrogen and oxygen atoms in total. The first kappa shape index (κ1) is 15.2. The molecule has 0 bridgehead atoms. The molecule has 0 radical (unpaired) electrons. The molecule has 6 heteroatoms. The molecule has 21 heavy (non-hydrogen) atoms. The van der Waals surface area contributed by atoms with Crippen molar-refractivity contribution in [3.63, 3.8) is 0 Å². The fourth-order valence-electron chi connectivity index (χ4n) is 1.69. The van der Waals surface area contributed by atoms with Crippen LogP contribution in [-0.2, 0) is 12.8 Å². The smallest absolute Gasteiger partial charge is 0.416 e. The van der Waals surface area contributed by atoms with E-state index >= 15 is 0 Å². The highest BCUT2D eigenvalue weighted by atomic mass is 35.5. The van der Waals surface area contributed by atoms with Gasteiger partial charge in [-0.25, -0.2) is 0 Å². The van der Waals surface area contributed by atoms with E-state index < -0.39 is 11.7 Å². The Labute approximate surface area is 124 Å². The van der Waals surface area contributed by atoms with Crippen molar-refractivity contribution < 1.29 is 17.9 Å². The molecule has 0 aliphatic rings. The maximum Gasteiger partial charge on any atom is 0.416 e. The number of benzene rings is 2. The Bertz CT molecular complexity index is 692. The lowest BCUT2D eigenvalue weighted by Crippen LogP contribution is -2.06. The van der Waals surface area contributed by atoms with Crippen LogP contribution in [0.5, 0.6) is 5.75 Å². The minimum absolute atomic E-state index is 0.0692. The van der Waals surface area contributed by atoms with Crippen LogP contribution < -0.4 is 4.74 Å². The lowest BCUT2D eigenvalue weighted by Gasteiger charge is -2.11. The summed E-state index contributed by atoms with van der Waals surface area (Å²) in [5.41, 5.74) is -0.371. The van der Waals surface area contributed by atoms with Crippen molar-refractivity contribution in [3.05, 3.63) is 64.2 Å². The van der Waals surface area contributed by atoms with Crippen LogP contribution in [0.3, 0.4) is 0 Å². The summed E-state index contributed by atoms with van der Waals surface area (Å²) in [7, 11) is 0. The average Bonchev–Trinajstić information content (AvgIpc) is 2.45. The molecule has 0 saturated carbocycles. The van der Waals surface area contributed by atoms with Crippen LogP contribution in [-0.4, -0.2) is 0 Å².